The minimum Gasteiger partial charge on any atom is -0.381 e. The molecule has 0 aromatic carbocycles. The highest BCUT2D eigenvalue weighted by Gasteiger charge is 2.24. The Hall–Kier alpha value is -2.54. The minimum atomic E-state index is 0.334. The van der Waals surface area contributed by atoms with E-state index in [1.807, 2.05) is 35.6 Å². The van der Waals surface area contributed by atoms with Gasteiger partial charge in [-0.25, -0.2) is 4.98 Å². The summed E-state index contributed by atoms with van der Waals surface area (Å²) < 4.78 is 9.17. The van der Waals surface area contributed by atoms with Crippen LogP contribution in [0.15, 0.2) is 24.5 Å². The van der Waals surface area contributed by atoms with Crippen molar-refractivity contribution in [3.63, 3.8) is 0 Å². The molecule has 7 nitrogen and oxygen atoms in total. The van der Waals surface area contributed by atoms with Crippen molar-refractivity contribution in [2.24, 2.45) is 7.05 Å². The quantitative estimate of drug-likeness (QED) is 0.734. The Morgan fingerprint density at radius 2 is 2.00 bits per heavy atom. The second-order valence-electron chi connectivity index (χ2n) is 6.55. The number of hydrogen-bond donors (Lipinski definition) is 0. The third kappa shape index (κ3) is 2.95. The monoisotopic (exact) mass is 338 g/mol. The number of aromatic nitrogens is 6. The third-order valence-corrected chi connectivity index (χ3v) is 4.71. The maximum Gasteiger partial charge on any atom is 0.167 e. The molecule has 4 rings (SSSR count). The van der Waals surface area contributed by atoms with E-state index in [0.29, 0.717) is 5.92 Å². The zero-order chi connectivity index (χ0) is 17.4. The number of nitrogens with zero attached hydrogens (tertiary/aromatic N) is 6. The van der Waals surface area contributed by atoms with Gasteiger partial charge in [-0.3, -0.25) is 9.67 Å². The Morgan fingerprint density at radius 3 is 2.68 bits per heavy atom. The molecule has 0 N–H and O–H groups in total. The van der Waals surface area contributed by atoms with Gasteiger partial charge in [0.1, 0.15) is 0 Å². The van der Waals surface area contributed by atoms with Crippen molar-refractivity contribution in [3.05, 3.63) is 41.6 Å². The van der Waals surface area contributed by atoms with Gasteiger partial charge < -0.3 is 4.74 Å². The average molecular weight is 338 g/mol. The molecule has 0 atom stereocenters. The second-order valence-corrected chi connectivity index (χ2v) is 6.55. The fourth-order valence-corrected chi connectivity index (χ4v) is 3.30. The maximum absolute atomic E-state index is 5.48. The van der Waals surface area contributed by atoms with E-state index in [4.69, 9.17) is 14.8 Å². The molecular formula is C18H22N6O. The minimum absolute atomic E-state index is 0.334. The highest BCUT2D eigenvalue weighted by atomic mass is 16.5. The normalized spacial score (nSPS) is 15.6. The number of ether oxygens (including phenoxy) is 1. The highest BCUT2D eigenvalue weighted by Crippen LogP contribution is 2.29. The molecule has 1 aliphatic heterocycles. The summed E-state index contributed by atoms with van der Waals surface area (Å²) in [6, 6.07) is 4.02. The topological polar surface area (TPSA) is 70.7 Å². The Balaban J connectivity index is 1.86. The van der Waals surface area contributed by atoms with Crippen molar-refractivity contribution in [2.45, 2.75) is 32.6 Å². The van der Waals surface area contributed by atoms with E-state index in [0.717, 1.165) is 60.3 Å². The van der Waals surface area contributed by atoms with Gasteiger partial charge >= 0.3 is 0 Å². The van der Waals surface area contributed by atoms with Crippen molar-refractivity contribution in [1.29, 1.82) is 0 Å². The smallest absolute Gasteiger partial charge is 0.167 e. The van der Waals surface area contributed by atoms with Gasteiger partial charge in [0, 0.05) is 49.7 Å². The maximum atomic E-state index is 5.48. The molecule has 3 aromatic heterocycles. The summed E-state index contributed by atoms with van der Waals surface area (Å²) in [5.41, 5.74) is 3.14. The lowest BCUT2D eigenvalue weighted by Crippen LogP contribution is -2.15. The summed E-state index contributed by atoms with van der Waals surface area (Å²) in [5, 5.41) is 9.12. The first-order valence-corrected chi connectivity index (χ1v) is 8.60. The molecule has 0 saturated carbocycles. The molecule has 1 saturated heterocycles. The van der Waals surface area contributed by atoms with Gasteiger partial charge in [0.15, 0.2) is 17.5 Å². The van der Waals surface area contributed by atoms with Gasteiger partial charge in [-0.15, -0.1) is 5.10 Å². The Bertz CT molecular complexity index is 891. The van der Waals surface area contributed by atoms with E-state index in [1.54, 1.807) is 6.20 Å². The zero-order valence-corrected chi connectivity index (χ0v) is 14.8. The van der Waals surface area contributed by atoms with E-state index in [-0.39, 0.29) is 0 Å². The van der Waals surface area contributed by atoms with E-state index in [9.17, 15) is 0 Å². The summed E-state index contributed by atoms with van der Waals surface area (Å²) in [6.07, 6.45) is 5.57. The van der Waals surface area contributed by atoms with Crippen molar-refractivity contribution in [2.75, 3.05) is 13.2 Å². The molecule has 0 radical (unpaired) electrons. The van der Waals surface area contributed by atoms with Gasteiger partial charge in [-0.1, -0.05) is 0 Å². The van der Waals surface area contributed by atoms with Crippen molar-refractivity contribution in [1.82, 2.24) is 29.5 Å². The summed E-state index contributed by atoms with van der Waals surface area (Å²) in [4.78, 5) is 9.37. The second kappa shape index (κ2) is 6.40. The van der Waals surface area contributed by atoms with E-state index >= 15 is 0 Å². The van der Waals surface area contributed by atoms with E-state index < -0.39 is 0 Å². The van der Waals surface area contributed by atoms with Crippen LogP contribution in [0, 0.1) is 13.8 Å². The summed E-state index contributed by atoms with van der Waals surface area (Å²) in [5.74, 6) is 2.91. The summed E-state index contributed by atoms with van der Waals surface area (Å²) >= 11 is 0. The van der Waals surface area contributed by atoms with Crippen LogP contribution in [-0.4, -0.2) is 42.7 Å². The van der Waals surface area contributed by atoms with Crippen molar-refractivity contribution in [3.8, 4) is 17.2 Å². The molecule has 7 heteroatoms. The Morgan fingerprint density at radius 1 is 1.20 bits per heavy atom. The van der Waals surface area contributed by atoms with E-state index in [2.05, 4.69) is 23.1 Å². The summed E-state index contributed by atoms with van der Waals surface area (Å²) in [7, 11) is 1.91. The molecule has 1 fully saturated rings. The molecule has 25 heavy (non-hydrogen) atoms. The van der Waals surface area contributed by atoms with Gasteiger partial charge in [0.05, 0.1) is 6.20 Å². The first-order chi connectivity index (χ1) is 12.1. The lowest BCUT2D eigenvalue weighted by molar-refractivity contribution is 0.0836. The Kier molecular flexibility index (Phi) is 4.09. The third-order valence-electron chi connectivity index (χ3n) is 4.71. The van der Waals surface area contributed by atoms with Crippen LogP contribution in [0.4, 0.5) is 0 Å². The van der Waals surface area contributed by atoms with Crippen LogP contribution in [0.25, 0.3) is 17.2 Å². The largest absolute Gasteiger partial charge is 0.381 e. The fourth-order valence-electron chi connectivity index (χ4n) is 3.30. The molecule has 3 aromatic rings. The molecule has 130 valence electrons. The molecule has 0 bridgehead atoms. The van der Waals surface area contributed by atoms with Crippen LogP contribution in [0.2, 0.25) is 0 Å². The molecular weight excluding hydrogens is 316 g/mol. The molecule has 4 heterocycles. The van der Waals surface area contributed by atoms with Crippen LogP contribution < -0.4 is 0 Å². The average Bonchev–Trinajstić information content (AvgIpc) is 3.22. The number of aryl methyl sites for hydroxylation is 3. The van der Waals surface area contributed by atoms with Gasteiger partial charge in [-0.2, -0.15) is 9.78 Å². The predicted molar refractivity (Wildman–Crippen MR) is 93.6 cm³/mol. The van der Waals surface area contributed by atoms with Crippen LogP contribution in [0.1, 0.15) is 35.8 Å². The van der Waals surface area contributed by atoms with Gasteiger partial charge in [0.2, 0.25) is 0 Å². The van der Waals surface area contributed by atoms with Crippen LogP contribution in [-0.2, 0) is 11.8 Å². The van der Waals surface area contributed by atoms with Crippen LogP contribution in [0.5, 0.6) is 0 Å². The van der Waals surface area contributed by atoms with Crippen LogP contribution >= 0.6 is 0 Å². The number of pyridine rings is 1. The predicted octanol–water partition coefficient (Wildman–Crippen LogP) is 2.57. The van der Waals surface area contributed by atoms with Crippen molar-refractivity contribution < 1.29 is 4.74 Å². The van der Waals surface area contributed by atoms with Gasteiger partial charge in [0.25, 0.3) is 0 Å². The molecule has 0 aliphatic carbocycles. The molecule has 1 aliphatic rings. The van der Waals surface area contributed by atoms with E-state index in [1.165, 1.54) is 0 Å². The van der Waals surface area contributed by atoms with Crippen LogP contribution in [0.3, 0.4) is 0 Å². The first kappa shape index (κ1) is 16.0. The molecule has 0 unspecified atom stereocenters. The number of rotatable bonds is 3. The van der Waals surface area contributed by atoms with Crippen molar-refractivity contribution >= 4 is 0 Å². The standard InChI is InChI=1S/C18H22N6O/c1-12-10-13(2)19-11-15(12)18-21-17(14-5-8-25-9-6-14)22-24(18)16-4-7-20-23(16)3/h4,7,10-11,14H,5-6,8-9H2,1-3H3. The SMILES string of the molecule is Cc1cc(C)c(-c2nc(C3CCOCC3)nn2-c2ccnn2C)cn1. The number of hydrogen-bond acceptors (Lipinski definition) is 5. The fraction of sp³-hybridized carbons (Fsp3) is 0.444. The lowest BCUT2D eigenvalue weighted by Gasteiger charge is -2.18. The van der Waals surface area contributed by atoms with Gasteiger partial charge in [-0.05, 0) is 38.3 Å². The summed E-state index contributed by atoms with van der Waals surface area (Å²) in [6.45, 7) is 5.62. The highest BCUT2D eigenvalue weighted by molar-refractivity contribution is 5.61. The Labute approximate surface area is 146 Å². The lowest BCUT2D eigenvalue weighted by atomic mass is 10.00. The zero-order valence-electron chi connectivity index (χ0n) is 14.8. The molecule has 0 amide bonds. The first-order valence-electron chi connectivity index (χ1n) is 8.60. The molecule has 0 spiro atoms.